The molecular weight excluding hydrogens is 256 g/mol. The van der Waals surface area contributed by atoms with Crippen LogP contribution in [0.15, 0.2) is 42.5 Å². The highest BCUT2D eigenvalue weighted by Crippen LogP contribution is 2.40. The molecule has 3 heteroatoms. The molecule has 0 bridgehead atoms. The van der Waals surface area contributed by atoms with E-state index in [-0.39, 0.29) is 6.04 Å². The molecule has 1 N–H and O–H groups in total. The Morgan fingerprint density at radius 3 is 2.70 bits per heavy atom. The maximum absolute atomic E-state index is 13.9. The fourth-order valence-electron chi connectivity index (χ4n) is 3.04. The Morgan fingerprint density at radius 2 is 2.00 bits per heavy atom. The van der Waals surface area contributed by atoms with E-state index in [1.807, 2.05) is 19.2 Å². The first kappa shape index (κ1) is 13.3. The molecule has 0 aromatic heterocycles. The van der Waals surface area contributed by atoms with Gasteiger partial charge in [-0.05, 0) is 43.0 Å². The normalized spacial score (nSPS) is 18.2. The smallest absolute Gasteiger partial charge is 0.130 e. The van der Waals surface area contributed by atoms with Crippen LogP contribution >= 0.6 is 0 Å². The van der Waals surface area contributed by atoms with E-state index in [0.717, 1.165) is 18.9 Å². The van der Waals surface area contributed by atoms with E-state index in [1.54, 1.807) is 0 Å². The standard InChI is InChI=1S/C17H17F2N/c1-20-17(15-7-6-13(18)10-16(15)19)9-12-8-11-4-2-3-5-14(11)12/h2-7,10,12,17,20H,8-9H2,1H3. The second-order valence-corrected chi connectivity index (χ2v) is 5.34. The summed E-state index contributed by atoms with van der Waals surface area (Å²) in [5.41, 5.74) is 3.28. The molecule has 0 heterocycles. The van der Waals surface area contributed by atoms with Crippen LogP contribution in [0.5, 0.6) is 0 Å². The molecule has 0 fully saturated rings. The van der Waals surface area contributed by atoms with E-state index in [4.69, 9.17) is 0 Å². The Balaban J connectivity index is 1.79. The highest BCUT2D eigenvalue weighted by molar-refractivity contribution is 5.40. The van der Waals surface area contributed by atoms with Gasteiger partial charge < -0.3 is 5.32 Å². The third-order valence-corrected chi connectivity index (χ3v) is 4.17. The summed E-state index contributed by atoms with van der Waals surface area (Å²) in [6.07, 6.45) is 1.87. The third-order valence-electron chi connectivity index (χ3n) is 4.17. The molecule has 2 aromatic carbocycles. The molecule has 2 aromatic rings. The molecule has 2 unspecified atom stereocenters. The van der Waals surface area contributed by atoms with Crippen LogP contribution in [-0.4, -0.2) is 7.05 Å². The van der Waals surface area contributed by atoms with Crippen molar-refractivity contribution in [3.63, 3.8) is 0 Å². The fraction of sp³-hybridized carbons (Fsp3) is 0.294. The molecule has 0 amide bonds. The average Bonchev–Trinajstić information content (AvgIpc) is 2.41. The van der Waals surface area contributed by atoms with Gasteiger partial charge in [0, 0.05) is 17.7 Å². The second-order valence-electron chi connectivity index (χ2n) is 5.34. The molecule has 0 spiro atoms. The van der Waals surface area contributed by atoms with Crippen LogP contribution in [0.4, 0.5) is 8.78 Å². The van der Waals surface area contributed by atoms with Gasteiger partial charge in [-0.3, -0.25) is 0 Å². The van der Waals surface area contributed by atoms with Crippen LogP contribution in [-0.2, 0) is 6.42 Å². The summed E-state index contributed by atoms with van der Waals surface area (Å²) in [5.74, 6) is -0.555. The van der Waals surface area contributed by atoms with Gasteiger partial charge in [-0.2, -0.15) is 0 Å². The van der Waals surface area contributed by atoms with Gasteiger partial charge in [-0.15, -0.1) is 0 Å². The predicted molar refractivity (Wildman–Crippen MR) is 75.7 cm³/mol. The molecule has 104 valence electrons. The van der Waals surface area contributed by atoms with Crippen LogP contribution in [0.2, 0.25) is 0 Å². The van der Waals surface area contributed by atoms with Crippen LogP contribution in [0, 0.1) is 11.6 Å². The van der Waals surface area contributed by atoms with Gasteiger partial charge in [-0.25, -0.2) is 8.78 Å². The quantitative estimate of drug-likeness (QED) is 0.889. The van der Waals surface area contributed by atoms with Crippen molar-refractivity contribution in [1.29, 1.82) is 0 Å². The first-order chi connectivity index (χ1) is 9.69. The largest absolute Gasteiger partial charge is 0.313 e. The van der Waals surface area contributed by atoms with Gasteiger partial charge in [0.15, 0.2) is 0 Å². The summed E-state index contributed by atoms with van der Waals surface area (Å²) >= 11 is 0. The number of halogens is 2. The molecule has 3 rings (SSSR count). The summed E-state index contributed by atoms with van der Waals surface area (Å²) in [5, 5.41) is 3.15. The Morgan fingerprint density at radius 1 is 1.20 bits per heavy atom. The van der Waals surface area contributed by atoms with Gasteiger partial charge in [0.25, 0.3) is 0 Å². The Hall–Kier alpha value is -1.74. The molecule has 1 aliphatic rings. The van der Waals surface area contributed by atoms with E-state index >= 15 is 0 Å². The summed E-state index contributed by atoms with van der Waals surface area (Å²) < 4.78 is 26.9. The predicted octanol–water partition coefficient (Wildman–Crippen LogP) is 3.96. The minimum Gasteiger partial charge on any atom is -0.313 e. The van der Waals surface area contributed by atoms with Crippen molar-refractivity contribution in [2.45, 2.75) is 24.8 Å². The highest BCUT2D eigenvalue weighted by atomic mass is 19.1. The Labute approximate surface area is 117 Å². The number of hydrogen-bond donors (Lipinski definition) is 1. The molecule has 0 saturated carbocycles. The summed E-state index contributed by atoms with van der Waals surface area (Å²) in [7, 11) is 1.82. The molecule has 0 radical (unpaired) electrons. The van der Waals surface area contributed by atoms with E-state index in [9.17, 15) is 8.78 Å². The van der Waals surface area contributed by atoms with Crippen molar-refractivity contribution in [2.24, 2.45) is 0 Å². The summed E-state index contributed by atoms with van der Waals surface area (Å²) in [4.78, 5) is 0. The van der Waals surface area contributed by atoms with Gasteiger partial charge in [0.05, 0.1) is 0 Å². The molecule has 1 aliphatic carbocycles. The highest BCUT2D eigenvalue weighted by Gasteiger charge is 2.29. The SMILES string of the molecule is CNC(CC1Cc2ccccc21)c1ccc(F)cc1F. The number of benzene rings is 2. The monoisotopic (exact) mass is 273 g/mol. The molecule has 0 aliphatic heterocycles. The fourth-order valence-corrected chi connectivity index (χ4v) is 3.04. The molecule has 20 heavy (non-hydrogen) atoms. The second kappa shape index (κ2) is 5.33. The number of nitrogens with one attached hydrogen (secondary N) is 1. The first-order valence-corrected chi connectivity index (χ1v) is 6.89. The van der Waals surface area contributed by atoms with Gasteiger partial charge >= 0.3 is 0 Å². The van der Waals surface area contributed by atoms with E-state index in [2.05, 4.69) is 17.4 Å². The molecule has 1 nitrogen and oxygen atoms in total. The number of rotatable bonds is 4. The van der Waals surface area contributed by atoms with Crippen LogP contribution in [0.25, 0.3) is 0 Å². The lowest BCUT2D eigenvalue weighted by atomic mass is 9.74. The number of hydrogen-bond acceptors (Lipinski definition) is 1. The van der Waals surface area contributed by atoms with Gasteiger partial charge in [0.1, 0.15) is 11.6 Å². The Kier molecular flexibility index (Phi) is 3.53. The van der Waals surface area contributed by atoms with Crippen molar-refractivity contribution in [1.82, 2.24) is 5.32 Å². The lowest BCUT2D eigenvalue weighted by molar-refractivity contribution is 0.435. The topological polar surface area (TPSA) is 12.0 Å². The van der Waals surface area contributed by atoms with Crippen molar-refractivity contribution < 1.29 is 8.78 Å². The zero-order valence-electron chi connectivity index (χ0n) is 11.4. The Bertz CT molecular complexity index is 624. The van der Waals surface area contributed by atoms with E-state index < -0.39 is 11.6 Å². The minimum atomic E-state index is -0.532. The van der Waals surface area contributed by atoms with E-state index in [0.29, 0.717) is 11.5 Å². The summed E-state index contributed by atoms with van der Waals surface area (Å²) in [6, 6.07) is 12.1. The molecule has 0 saturated heterocycles. The maximum Gasteiger partial charge on any atom is 0.130 e. The van der Waals surface area contributed by atoms with Crippen molar-refractivity contribution in [3.8, 4) is 0 Å². The average molecular weight is 273 g/mol. The third kappa shape index (κ3) is 2.34. The van der Waals surface area contributed by atoms with E-state index in [1.165, 1.54) is 23.3 Å². The maximum atomic E-state index is 13.9. The lowest BCUT2D eigenvalue weighted by Gasteiger charge is -2.33. The zero-order chi connectivity index (χ0) is 14.1. The molecule has 2 atom stereocenters. The van der Waals surface area contributed by atoms with Crippen LogP contribution < -0.4 is 5.32 Å². The lowest BCUT2D eigenvalue weighted by Crippen LogP contribution is -2.25. The molecular formula is C17H17F2N. The van der Waals surface area contributed by atoms with Crippen molar-refractivity contribution in [3.05, 3.63) is 70.8 Å². The first-order valence-electron chi connectivity index (χ1n) is 6.89. The van der Waals surface area contributed by atoms with Crippen molar-refractivity contribution >= 4 is 0 Å². The summed E-state index contributed by atoms with van der Waals surface area (Å²) in [6.45, 7) is 0. The number of fused-ring (bicyclic) bond motifs is 1. The zero-order valence-corrected chi connectivity index (χ0v) is 11.4. The van der Waals surface area contributed by atoms with Crippen LogP contribution in [0.3, 0.4) is 0 Å². The van der Waals surface area contributed by atoms with Crippen molar-refractivity contribution in [2.75, 3.05) is 7.05 Å². The van der Waals surface area contributed by atoms with Gasteiger partial charge in [-0.1, -0.05) is 30.3 Å². The van der Waals surface area contributed by atoms with Crippen LogP contribution in [0.1, 0.15) is 35.1 Å². The van der Waals surface area contributed by atoms with Gasteiger partial charge in [0.2, 0.25) is 0 Å². The minimum absolute atomic E-state index is 0.0889.